The van der Waals surface area contributed by atoms with Gasteiger partial charge in [0.2, 0.25) is 0 Å². The number of nitrogens with one attached hydrogen (secondary N) is 1. The molecule has 3 aromatic rings. The molecule has 0 atom stereocenters. The minimum atomic E-state index is -0.229. The van der Waals surface area contributed by atoms with E-state index in [0.29, 0.717) is 23.7 Å². The zero-order valence-electron chi connectivity index (χ0n) is 12.4. The Labute approximate surface area is 126 Å². The van der Waals surface area contributed by atoms with Crippen LogP contribution in [-0.4, -0.2) is 38.8 Å². The van der Waals surface area contributed by atoms with Crippen molar-refractivity contribution in [3.63, 3.8) is 0 Å². The Morgan fingerprint density at radius 2 is 2.14 bits per heavy atom. The lowest BCUT2D eigenvalue weighted by atomic mass is 10.2. The van der Waals surface area contributed by atoms with Crippen molar-refractivity contribution in [2.75, 3.05) is 23.8 Å². The van der Waals surface area contributed by atoms with Crippen LogP contribution in [0.5, 0.6) is 0 Å². The van der Waals surface area contributed by atoms with Crippen LogP contribution in [0.1, 0.15) is 12.5 Å². The second-order valence-electron chi connectivity index (χ2n) is 4.90. The smallest absolute Gasteiger partial charge is 0.200 e. The Morgan fingerprint density at radius 1 is 1.27 bits per heavy atom. The molecular weight excluding hydrogens is 285 g/mol. The molecule has 0 radical (unpaired) electrons. The number of aromatic nitrogens is 5. The second-order valence-corrected chi connectivity index (χ2v) is 4.90. The van der Waals surface area contributed by atoms with Gasteiger partial charge in [-0.25, -0.2) is 4.39 Å². The average molecular weight is 301 g/mol. The van der Waals surface area contributed by atoms with E-state index in [1.54, 1.807) is 18.2 Å². The van der Waals surface area contributed by atoms with Crippen molar-refractivity contribution in [3.8, 4) is 0 Å². The third-order valence-electron chi connectivity index (χ3n) is 3.44. The molecule has 0 aliphatic heterocycles. The van der Waals surface area contributed by atoms with Gasteiger partial charge in [0.25, 0.3) is 0 Å². The van der Waals surface area contributed by atoms with Crippen molar-refractivity contribution in [2.45, 2.75) is 13.5 Å². The first kappa shape index (κ1) is 14.2. The largest absolute Gasteiger partial charge is 0.373 e. The molecule has 0 bridgehead atoms. The van der Waals surface area contributed by atoms with Crippen LogP contribution in [0.4, 0.5) is 15.9 Å². The van der Waals surface area contributed by atoms with Crippen LogP contribution in [0, 0.1) is 5.82 Å². The predicted octanol–water partition coefficient (Wildman–Crippen LogP) is 1.73. The molecule has 7 nitrogen and oxygen atoms in total. The number of anilines is 2. The Hall–Kier alpha value is -2.77. The molecule has 1 N–H and O–H groups in total. The van der Waals surface area contributed by atoms with Gasteiger partial charge in [0.05, 0.1) is 5.69 Å². The zero-order chi connectivity index (χ0) is 15.5. The summed E-state index contributed by atoms with van der Waals surface area (Å²) >= 11 is 0. The van der Waals surface area contributed by atoms with Crippen LogP contribution < -0.4 is 10.2 Å². The average Bonchev–Trinajstić information content (AvgIpc) is 3.00. The fourth-order valence-corrected chi connectivity index (χ4v) is 2.08. The molecule has 114 valence electrons. The number of tetrazole rings is 1. The SMILES string of the molecule is CCN(C)c1ccc(CNc2ccc3nnnn3n2)cc1F. The van der Waals surface area contributed by atoms with E-state index in [1.807, 2.05) is 24.9 Å². The van der Waals surface area contributed by atoms with Gasteiger partial charge in [0.1, 0.15) is 11.6 Å². The lowest BCUT2D eigenvalue weighted by Gasteiger charge is -2.18. The first-order valence-corrected chi connectivity index (χ1v) is 6.96. The topological polar surface area (TPSA) is 71.2 Å². The zero-order valence-corrected chi connectivity index (χ0v) is 12.4. The normalized spacial score (nSPS) is 10.9. The summed E-state index contributed by atoms with van der Waals surface area (Å²) in [5, 5.41) is 18.4. The highest BCUT2D eigenvalue weighted by atomic mass is 19.1. The third-order valence-corrected chi connectivity index (χ3v) is 3.44. The predicted molar refractivity (Wildman–Crippen MR) is 81.2 cm³/mol. The molecule has 8 heteroatoms. The van der Waals surface area contributed by atoms with Crippen LogP contribution in [0.3, 0.4) is 0 Å². The van der Waals surface area contributed by atoms with Gasteiger partial charge in [-0.05, 0) is 47.2 Å². The van der Waals surface area contributed by atoms with E-state index in [9.17, 15) is 4.39 Å². The number of nitrogens with zero attached hydrogens (tertiary/aromatic N) is 6. The van der Waals surface area contributed by atoms with E-state index in [4.69, 9.17) is 0 Å². The van der Waals surface area contributed by atoms with E-state index in [-0.39, 0.29) is 5.82 Å². The van der Waals surface area contributed by atoms with E-state index < -0.39 is 0 Å². The highest BCUT2D eigenvalue weighted by Gasteiger charge is 2.07. The highest BCUT2D eigenvalue weighted by molar-refractivity contribution is 5.49. The van der Waals surface area contributed by atoms with Crippen molar-refractivity contribution >= 4 is 17.2 Å². The number of benzene rings is 1. The molecule has 0 aliphatic carbocycles. The molecule has 2 heterocycles. The van der Waals surface area contributed by atoms with Crippen LogP contribution in [-0.2, 0) is 6.54 Å². The monoisotopic (exact) mass is 301 g/mol. The van der Waals surface area contributed by atoms with Crippen molar-refractivity contribution in [3.05, 3.63) is 41.7 Å². The first-order chi connectivity index (χ1) is 10.7. The van der Waals surface area contributed by atoms with Crippen molar-refractivity contribution in [2.24, 2.45) is 0 Å². The van der Waals surface area contributed by atoms with Gasteiger partial charge < -0.3 is 10.2 Å². The number of rotatable bonds is 5. The fourth-order valence-electron chi connectivity index (χ4n) is 2.08. The molecule has 1 aromatic carbocycles. The summed E-state index contributed by atoms with van der Waals surface area (Å²) in [5.74, 6) is 0.391. The minimum Gasteiger partial charge on any atom is -0.373 e. The maximum Gasteiger partial charge on any atom is 0.200 e. The summed E-state index contributed by atoms with van der Waals surface area (Å²) in [4.78, 5) is 1.86. The Balaban J connectivity index is 1.71. The van der Waals surface area contributed by atoms with Crippen molar-refractivity contribution in [1.29, 1.82) is 0 Å². The minimum absolute atomic E-state index is 0.229. The summed E-state index contributed by atoms with van der Waals surface area (Å²) in [6.07, 6.45) is 0. The van der Waals surface area contributed by atoms with Crippen molar-refractivity contribution in [1.82, 2.24) is 25.3 Å². The molecule has 0 fully saturated rings. The maximum atomic E-state index is 14.1. The molecular formula is C14H16FN7. The summed E-state index contributed by atoms with van der Waals surface area (Å²) in [6.45, 7) is 3.20. The van der Waals surface area contributed by atoms with Crippen LogP contribution in [0.25, 0.3) is 5.65 Å². The Kier molecular flexibility index (Phi) is 3.82. The van der Waals surface area contributed by atoms with Gasteiger partial charge in [-0.2, -0.15) is 0 Å². The lowest BCUT2D eigenvalue weighted by Crippen LogP contribution is -2.17. The van der Waals surface area contributed by atoms with E-state index in [1.165, 1.54) is 10.7 Å². The molecule has 2 aromatic heterocycles. The molecule has 0 spiro atoms. The summed E-state index contributed by atoms with van der Waals surface area (Å²) in [6, 6.07) is 8.75. The van der Waals surface area contributed by atoms with Crippen LogP contribution in [0.15, 0.2) is 30.3 Å². The quantitative estimate of drug-likeness (QED) is 0.774. The first-order valence-electron chi connectivity index (χ1n) is 6.96. The molecule has 22 heavy (non-hydrogen) atoms. The molecule has 0 aliphatic rings. The van der Waals surface area contributed by atoms with Crippen LogP contribution >= 0.6 is 0 Å². The third kappa shape index (κ3) is 2.80. The Morgan fingerprint density at radius 3 is 2.91 bits per heavy atom. The van der Waals surface area contributed by atoms with E-state index in [2.05, 4.69) is 25.9 Å². The molecule has 3 rings (SSSR count). The molecule has 0 saturated heterocycles. The van der Waals surface area contributed by atoms with Gasteiger partial charge in [-0.3, -0.25) is 0 Å². The molecule has 0 unspecified atom stereocenters. The van der Waals surface area contributed by atoms with Gasteiger partial charge in [-0.15, -0.1) is 14.8 Å². The molecule has 0 saturated carbocycles. The van der Waals surface area contributed by atoms with E-state index in [0.717, 1.165) is 12.1 Å². The summed E-state index contributed by atoms with van der Waals surface area (Å²) in [5.41, 5.74) is 2.01. The van der Waals surface area contributed by atoms with Crippen LogP contribution in [0.2, 0.25) is 0 Å². The van der Waals surface area contributed by atoms with E-state index >= 15 is 0 Å². The number of fused-ring (bicyclic) bond motifs is 1. The standard InChI is InChI=1S/C14H16FN7/c1-3-21(2)12-5-4-10(8-11(12)15)9-16-13-6-7-14-17-19-20-22(14)18-13/h4-8H,3,9H2,1-2H3,(H,16,18). The molecule has 0 amide bonds. The lowest BCUT2D eigenvalue weighted by molar-refractivity contribution is 0.621. The van der Waals surface area contributed by atoms with Gasteiger partial charge in [-0.1, -0.05) is 6.07 Å². The van der Waals surface area contributed by atoms with Gasteiger partial charge >= 0.3 is 0 Å². The number of hydrogen-bond acceptors (Lipinski definition) is 6. The number of halogens is 1. The van der Waals surface area contributed by atoms with Gasteiger partial charge in [0, 0.05) is 20.1 Å². The fraction of sp³-hybridized carbons (Fsp3) is 0.286. The van der Waals surface area contributed by atoms with Gasteiger partial charge in [0.15, 0.2) is 5.65 Å². The highest BCUT2D eigenvalue weighted by Crippen LogP contribution is 2.19. The summed E-state index contributed by atoms with van der Waals surface area (Å²) < 4.78 is 15.4. The second kappa shape index (κ2) is 5.92. The Bertz CT molecular complexity index is 786. The number of hydrogen-bond donors (Lipinski definition) is 1. The maximum absolute atomic E-state index is 14.1. The summed E-state index contributed by atoms with van der Waals surface area (Å²) in [7, 11) is 1.86. The van der Waals surface area contributed by atoms with Crippen molar-refractivity contribution < 1.29 is 4.39 Å².